The number of nitrogens with zero attached hydrogens (tertiary/aromatic N) is 1. The van der Waals surface area contributed by atoms with Gasteiger partial charge in [0.2, 0.25) is 0 Å². The minimum atomic E-state index is -0.398. The van der Waals surface area contributed by atoms with Crippen LogP contribution in [0.25, 0.3) is 0 Å². The summed E-state index contributed by atoms with van der Waals surface area (Å²) in [4.78, 5) is 10.1. The van der Waals surface area contributed by atoms with Crippen LogP contribution in [0.2, 0.25) is 0 Å². The molecule has 6 nitrogen and oxygen atoms in total. The van der Waals surface area contributed by atoms with E-state index in [2.05, 4.69) is 5.32 Å². The SMILES string of the molecule is O=[N+]([O-])c1ccc(NCCCOC[C@H]2CCOC2)cc1. The number of ether oxygens (including phenoxy) is 2. The lowest BCUT2D eigenvalue weighted by molar-refractivity contribution is -0.384. The second kappa shape index (κ2) is 7.81. The number of anilines is 1. The number of nitrogens with one attached hydrogen (secondary N) is 1. The Morgan fingerprint density at radius 1 is 1.40 bits per heavy atom. The quantitative estimate of drug-likeness (QED) is 0.450. The summed E-state index contributed by atoms with van der Waals surface area (Å²) in [7, 11) is 0. The van der Waals surface area contributed by atoms with Crippen molar-refractivity contribution >= 4 is 11.4 Å². The van der Waals surface area contributed by atoms with Crippen LogP contribution in [0.15, 0.2) is 24.3 Å². The van der Waals surface area contributed by atoms with Gasteiger partial charge in [-0.15, -0.1) is 0 Å². The number of non-ortho nitro benzene ring substituents is 1. The van der Waals surface area contributed by atoms with Crippen molar-refractivity contribution in [2.45, 2.75) is 12.8 Å². The molecule has 1 fully saturated rings. The van der Waals surface area contributed by atoms with E-state index in [-0.39, 0.29) is 5.69 Å². The number of hydrogen-bond donors (Lipinski definition) is 1. The lowest BCUT2D eigenvalue weighted by atomic mass is 10.1. The van der Waals surface area contributed by atoms with Crippen LogP contribution in [0, 0.1) is 16.0 Å². The first-order chi connectivity index (χ1) is 9.75. The van der Waals surface area contributed by atoms with E-state index in [4.69, 9.17) is 9.47 Å². The molecule has 0 saturated carbocycles. The summed E-state index contributed by atoms with van der Waals surface area (Å²) in [5.41, 5.74) is 0.998. The van der Waals surface area contributed by atoms with Gasteiger partial charge in [0.05, 0.1) is 18.1 Å². The van der Waals surface area contributed by atoms with Crippen LogP contribution < -0.4 is 5.32 Å². The number of hydrogen-bond acceptors (Lipinski definition) is 5. The zero-order valence-electron chi connectivity index (χ0n) is 11.4. The van der Waals surface area contributed by atoms with Gasteiger partial charge in [-0.05, 0) is 25.0 Å². The fourth-order valence-electron chi connectivity index (χ4n) is 2.07. The van der Waals surface area contributed by atoms with Crippen molar-refractivity contribution in [2.24, 2.45) is 5.92 Å². The maximum absolute atomic E-state index is 10.5. The summed E-state index contributed by atoms with van der Waals surface area (Å²) >= 11 is 0. The van der Waals surface area contributed by atoms with E-state index in [0.29, 0.717) is 5.92 Å². The van der Waals surface area contributed by atoms with Gasteiger partial charge in [0.25, 0.3) is 5.69 Å². The Hall–Kier alpha value is -1.66. The van der Waals surface area contributed by atoms with Crippen LogP contribution in [-0.2, 0) is 9.47 Å². The maximum atomic E-state index is 10.5. The van der Waals surface area contributed by atoms with Gasteiger partial charge in [-0.25, -0.2) is 0 Å². The second-order valence-corrected chi connectivity index (χ2v) is 4.89. The van der Waals surface area contributed by atoms with Crippen LogP contribution in [0.3, 0.4) is 0 Å². The normalized spacial score (nSPS) is 18.1. The Kier molecular flexibility index (Phi) is 5.76. The van der Waals surface area contributed by atoms with Gasteiger partial charge in [0, 0.05) is 43.5 Å². The van der Waals surface area contributed by atoms with Gasteiger partial charge >= 0.3 is 0 Å². The van der Waals surface area contributed by atoms with Crippen molar-refractivity contribution in [3.63, 3.8) is 0 Å². The van der Waals surface area contributed by atoms with Crippen LogP contribution in [0.4, 0.5) is 11.4 Å². The van der Waals surface area contributed by atoms with E-state index >= 15 is 0 Å². The molecular formula is C14H20N2O4. The Labute approximate surface area is 118 Å². The van der Waals surface area contributed by atoms with E-state index in [1.54, 1.807) is 12.1 Å². The summed E-state index contributed by atoms with van der Waals surface area (Å²) in [5, 5.41) is 13.7. The van der Waals surface area contributed by atoms with Crippen molar-refractivity contribution in [3.05, 3.63) is 34.4 Å². The van der Waals surface area contributed by atoms with Crippen molar-refractivity contribution in [3.8, 4) is 0 Å². The molecule has 0 bridgehead atoms. The minimum absolute atomic E-state index is 0.109. The molecule has 1 saturated heterocycles. The molecular weight excluding hydrogens is 260 g/mol. The molecule has 1 aromatic rings. The van der Waals surface area contributed by atoms with Gasteiger partial charge in [-0.3, -0.25) is 10.1 Å². The first-order valence-electron chi connectivity index (χ1n) is 6.89. The fraction of sp³-hybridized carbons (Fsp3) is 0.571. The molecule has 0 amide bonds. The third kappa shape index (κ3) is 4.79. The van der Waals surface area contributed by atoms with Crippen molar-refractivity contribution in [1.82, 2.24) is 0 Å². The fourth-order valence-corrected chi connectivity index (χ4v) is 2.07. The highest BCUT2D eigenvalue weighted by atomic mass is 16.6. The molecule has 0 aromatic heterocycles. The Balaban J connectivity index is 1.55. The summed E-state index contributed by atoms with van der Waals surface area (Å²) < 4.78 is 10.9. The molecule has 1 atom stereocenters. The lowest BCUT2D eigenvalue weighted by Gasteiger charge is -2.09. The smallest absolute Gasteiger partial charge is 0.269 e. The molecule has 6 heteroatoms. The number of nitro groups is 1. The van der Waals surface area contributed by atoms with Crippen molar-refractivity contribution in [1.29, 1.82) is 0 Å². The van der Waals surface area contributed by atoms with E-state index in [1.807, 2.05) is 0 Å². The minimum Gasteiger partial charge on any atom is -0.385 e. The van der Waals surface area contributed by atoms with E-state index < -0.39 is 4.92 Å². The molecule has 1 aromatic carbocycles. The van der Waals surface area contributed by atoms with Gasteiger partial charge in [-0.2, -0.15) is 0 Å². The zero-order chi connectivity index (χ0) is 14.2. The van der Waals surface area contributed by atoms with Gasteiger partial charge in [-0.1, -0.05) is 0 Å². The first-order valence-corrected chi connectivity index (χ1v) is 6.89. The molecule has 110 valence electrons. The monoisotopic (exact) mass is 280 g/mol. The summed E-state index contributed by atoms with van der Waals surface area (Å²) in [6.07, 6.45) is 2.01. The lowest BCUT2D eigenvalue weighted by Crippen LogP contribution is -2.12. The van der Waals surface area contributed by atoms with E-state index in [1.165, 1.54) is 12.1 Å². The summed E-state index contributed by atoms with van der Waals surface area (Å²) in [6.45, 7) is 3.96. The second-order valence-electron chi connectivity index (χ2n) is 4.89. The molecule has 1 heterocycles. The summed E-state index contributed by atoms with van der Waals surface area (Å²) in [5.74, 6) is 0.553. The predicted molar refractivity (Wildman–Crippen MR) is 75.9 cm³/mol. The molecule has 20 heavy (non-hydrogen) atoms. The van der Waals surface area contributed by atoms with Crippen LogP contribution in [0.5, 0.6) is 0 Å². The predicted octanol–water partition coefficient (Wildman–Crippen LogP) is 2.45. The van der Waals surface area contributed by atoms with E-state index in [0.717, 1.165) is 51.5 Å². The Morgan fingerprint density at radius 3 is 2.85 bits per heavy atom. The molecule has 0 radical (unpaired) electrons. The molecule has 1 N–H and O–H groups in total. The van der Waals surface area contributed by atoms with Crippen LogP contribution in [0.1, 0.15) is 12.8 Å². The first kappa shape index (κ1) is 14.7. The molecule has 1 aliphatic rings. The average Bonchev–Trinajstić information content (AvgIpc) is 2.96. The standard InChI is InChI=1S/C14H20N2O4/c17-16(18)14-4-2-13(3-5-14)15-7-1-8-19-10-12-6-9-20-11-12/h2-5,12,15H,1,6-11H2/t12-/m1/s1. The molecule has 0 spiro atoms. The van der Waals surface area contributed by atoms with Crippen LogP contribution >= 0.6 is 0 Å². The van der Waals surface area contributed by atoms with Gasteiger partial charge in [0.15, 0.2) is 0 Å². The average molecular weight is 280 g/mol. The molecule has 0 unspecified atom stereocenters. The Bertz CT molecular complexity index is 416. The van der Waals surface area contributed by atoms with Crippen LogP contribution in [-0.4, -0.2) is 37.9 Å². The number of benzene rings is 1. The van der Waals surface area contributed by atoms with E-state index in [9.17, 15) is 10.1 Å². The topological polar surface area (TPSA) is 73.6 Å². The largest absolute Gasteiger partial charge is 0.385 e. The highest BCUT2D eigenvalue weighted by molar-refractivity contribution is 5.48. The molecule has 2 rings (SSSR count). The zero-order valence-corrected chi connectivity index (χ0v) is 11.4. The maximum Gasteiger partial charge on any atom is 0.269 e. The third-order valence-corrected chi connectivity index (χ3v) is 3.25. The van der Waals surface area contributed by atoms with Gasteiger partial charge in [0.1, 0.15) is 0 Å². The molecule has 1 aliphatic heterocycles. The van der Waals surface area contributed by atoms with Crippen molar-refractivity contribution < 1.29 is 14.4 Å². The molecule has 0 aliphatic carbocycles. The Morgan fingerprint density at radius 2 is 2.20 bits per heavy atom. The van der Waals surface area contributed by atoms with Gasteiger partial charge < -0.3 is 14.8 Å². The number of rotatable bonds is 8. The highest BCUT2D eigenvalue weighted by Crippen LogP contribution is 2.15. The third-order valence-electron chi connectivity index (χ3n) is 3.25. The highest BCUT2D eigenvalue weighted by Gasteiger charge is 2.15. The van der Waals surface area contributed by atoms with Crippen molar-refractivity contribution in [2.75, 3.05) is 38.3 Å². The summed E-state index contributed by atoms with van der Waals surface area (Å²) in [6, 6.07) is 6.43. The number of nitro benzene ring substituents is 1.